The molecule has 0 spiro atoms. The van der Waals surface area contributed by atoms with E-state index in [-0.39, 0.29) is 6.04 Å². The van der Waals surface area contributed by atoms with E-state index in [4.69, 9.17) is 17.3 Å². The van der Waals surface area contributed by atoms with Crippen LogP contribution >= 0.6 is 23.4 Å². The fourth-order valence-electron chi connectivity index (χ4n) is 2.06. The Morgan fingerprint density at radius 3 is 2.50 bits per heavy atom. The quantitative estimate of drug-likeness (QED) is 0.860. The predicted octanol–water partition coefficient (Wildman–Crippen LogP) is 5.00. The van der Waals surface area contributed by atoms with Crippen LogP contribution in [0.4, 0.5) is 0 Å². The molecule has 0 amide bonds. The van der Waals surface area contributed by atoms with Gasteiger partial charge < -0.3 is 5.73 Å². The zero-order valence-corrected chi connectivity index (χ0v) is 13.7. The van der Waals surface area contributed by atoms with Crippen LogP contribution in [0, 0.1) is 13.8 Å². The summed E-state index contributed by atoms with van der Waals surface area (Å²) in [6.45, 7) is 6.29. The Morgan fingerprint density at radius 1 is 1.10 bits per heavy atom. The van der Waals surface area contributed by atoms with Crippen LogP contribution in [-0.2, 0) is 6.42 Å². The second-order valence-corrected chi connectivity index (χ2v) is 6.83. The summed E-state index contributed by atoms with van der Waals surface area (Å²) in [5, 5.41) is 0.769. The highest BCUT2D eigenvalue weighted by molar-refractivity contribution is 7.99. The number of rotatable bonds is 4. The Morgan fingerprint density at radius 2 is 1.85 bits per heavy atom. The number of hydrogen-bond donors (Lipinski definition) is 1. The first-order valence-electron chi connectivity index (χ1n) is 6.75. The minimum atomic E-state index is 0.132. The molecule has 0 saturated heterocycles. The molecular weight excluding hydrogens is 286 g/mol. The summed E-state index contributed by atoms with van der Waals surface area (Å²) in [6, 6.07) is 12.7. The number of benzene rings is 2. The molecule has 3 heteroatoms. The first-order chi connectivity index (χ1) is 9.45. The molecule has 2 rings (SSSR count). The maximum Gasteiger partial charge on any atom is 0.0409 e. The van der Waals surface area contributed by atoms with E-state index in [1.807, 2.05) is 19.1 Å². The zero-order valence-electron chi connectivity index (χ0n) is 12.1. The van der Waals surface area contributed by atoms with E-state index in [2.05, 4.69) is 38.1 Å². The van der Waals surface area contributed by atoms with Crippen molar-refractivity contribution in [2.75, 3.05) is 0 Å². The van der Waals surface area contributed by atoms with Crippen LogP contribution in [0.25, 0.3) is 0 Å². The summed E-state index contributed by atoms with van der Waals surface area (Å²) in [6.07, 6.45) is 0.841. The largest absolute Gasteiger partial charge is 0.328 e. The van der Waals surface area contributed by atoms with E-state index < -0.39 is 0 Å². The first kappa shape index (κ1) is 15.4. The van der Waals surface area contributed by atoms with Gasteiger partial charge in [0.2, 0.25) is 0 Å². The topological polar surface area (TPSA) is 26.0 Å². The van der Waals surface area contributed by atoms with Gasteiger partial charge in [0, 0.05) is 20.9 Å². The maximum absolute atomic E-state index is 6.10. The minimum Gasteiger partial charge on any atom is -0.328 e. The van der Waals surface area contributed by atoms with Crippen molar-refractivity contribution in [3.8, 4) is 0 Å². The van der Waals surface area contributed by atoms with Crippen LogP contribution < -0.4 is 5.73 Å². The molecule has 0 heterocycles. The summed E-state index contributed by atoms with van der Waals surface area (Å²) in [5.74, 6) is 0. The third-order valence-electron chi connectivity index (χ3n) is 3.27. The molecule has 0 aliphatic rings. The van der Waals surface area contributed by atoms with Gasteiger partial charge in [-0.1, -0.05) is 29.4 Å². The van der Waals surface area contributed by atoms with Crippen LogP contribution in [0.5, 0.6) is 0 Å². The number of aryl methyl sites for hydroxylation is 2. The van der Waals surface area contributed by atoms with E-state index >= 15 is 0 Å². The van der Waals surface area contributed by atoms with Crippen molar-refractivity contribution in [2.24, 2.45) is 5.73 Å². The fraction of sp³-hybridized carbons (Fsp3) is 0.294. The van der Waals surface area contributed by atoms with Gasteiger partial charge in [-0.2, -0.15) is 0 Å². The highest BCUT2D eigenvalue weighted by Crippen LogP contribution is 2.33. The molecule has 0 aliphatic heterocycles. The molecule has 0 radical (unpaired) electrons. The van der Waals surface area contributed by atoms with Crippen LogP contribution in [0.15, 0.2) is 46.2 Å². The Bertz CT molecular complexity index is 608. The van der Waals surface area contributed by atoms with Gasteiger partial charge in [0.1, 0.15) is 0 Å². The van der Waals surface area contributed by atoms with Gasteiger partial charge in [0.05, 0.1) is 0 Å². The highest BCUT2D eigenvalue weighted by Gasteiger charge is 2.08. The Balaban J connectivity index is 2.30. The predicted molar refractivity (Wildman–Crippen MR) is 88.8 cm³/mol. The van der Waals surface area contributed by atoms with Crippen LogP contribution in [-0.4, -0.2) is 6.04 Å². The molecule has 0 fully saturated rings. The molecule has 0 aromatic heterocycles. The van der Waals surface area contributed by atoms with Gasteiger partial charge in [-0.25, -0.2) is 0 Å². The minimum absolute atomic E-state index is 0.132. The molecule has 2 aromatic rings. The molecule has 1 unspecified atom stereocenters. The van der Waals surface area contributed by atoms with Gasteiger partial charge in [-0.15, -0.1) is 0 Å². The average Bonchev–Trinajstić information content (AvgIpc) is 2.36. The third-order valence-corrected chi connectivity index (χ3v) is 4.61. The summed E-state index contributed by atoms with van der Waals surface area (Å²) < 4.78 is 0. The number of nitrogens with two attached hydrogens (primary N) is 1. The molecule has 1 atom stereocenters. The first-order valence-corrected chi connectivity index (χ1v) is 7.94. The lowest BCUT2D eigenvalue weighted by Gasteiger charge is -2.12. The van der Waals surface area contributed by atoms with Crippen molar-refractivity contribution >= 4 is 23.4 Å². The van der Waals surface area contributed by atoms with E-state index in [0.29, 0.717) is 0 Å². The van der Waals surface area contributed by atoms with Crippen molar-refractivity contribution in [3.05, 3.63) is 58.1 Å². The fourth-order valence-corrected chi connectivity index (χ4v) is 3.29. The van der Waals surface area contributed by atoms with Gasteiger partial charge in [0.25, 0.3) is 0 Å². The summed E-state index contributed by atoms with van der Waals surface area (Å²) >= 11 is 7.87. The van der Waals surface area contributed by atoms with E-state index in [9.17, 15) is 0 Å². The second-order valence-electron chi connectivity index (χ2n) is 5.28. The summed E-state index contributed by atoms with van der Waals surface area (Å²) in [5.41, 5.74) is 9.78. The van der Waals surface area contributed by atoms with Gasteiger partial charge in [-0.3, -0.25) is 0 Å². The second kappa shape index (κ2) is 6.66. The molecule has 2 aromatic carbocycles. The van der Waals surface area contributed by atoms with Gasteiger partial charge in [0.15, 0.2) is 0 Å². The Labute approximate surface area is 130 Å². The third kappa shape index (κ3) is 4.02. The standard InChI is InChI=1S/C17H20ClNS/c1-11-4-6-16(8-12(11)2)20-17-7-5-15(18)10-14(17)9-13(3)19/h4-8,10,13H,9,19H2,1-3H3. The van der Waals surface area contributed by atoms with Crippen molar-refractivity contribution in [1.29, 1.82) is 0 Å². The zero-order chi connectivity index (χ0) is 14.7. The molecule has 2 N–H and O–H groups in total. The molecule has 0 bridgehead atoms. The smallest absolute Gasteiger partial charge is 0.0409 e. The lowest BCUT2D eigenvalue weighted by atomic mass is 10.1. The average molecular weight is 306 g/mol. The van der Waals surface area contributed by atoms with Crippen molar-refractivity contribution in [1.82, 2.24) is 0 Å². The molecule has 0 saturated carbocycles. The van der Waals surface area contributed by atoms with Crippen LogP contribution in [0.2, 0.25) is 5.02 Å². The monoisotopic (exact) mass is 305 g/mol. The van der Waals surface area contributed by atoms with Crippen LogP contribution in [0.3, 0.4) is 0 Å². The van der Waals surface area contributed by atoms with E-state index in [0.717, 1.165) is 11.4 Å². The van der Waals surface area contributed by atoms with Gasteiger partial charge in [-0.05, 0) is 74.2 Å². The van der Waals surface area contributed by atoms with E-state index in [1.165, 1.54) is 26.5 Å². The van der Waals surface area contributed by atoms with E-state index in [1.54, 1.807) is 11.8 Å². The SMILES string of the molecule is Cc1ccc(Sc2ccc(Cl)cc2CC(C)N)cc1C. The lowest BCUT2D eigenvalue weighted by molar-refractivity contribution is 0.729. The summed E-state index contributed by atoms with van der Waals surface area (Å²) in [7, 11) is 0. The Kier molecular flexibility index (Phi) is 5.14. The van der Waals surface area contributed by atoms with Crippen molar-refractivity contribution in [3.63, 3.8) is 0 Å². The molecule has 106 valence electrons. The maximum atomic E-state index is 6.10. The van der Waals surface area contributed by atoms with Gasteiger partial charge >= 0.3 is 0 Å². The number of halogens is 1. The summed E-state index contributed by atoms with van der Waals surface area (Å²) in [4.78, 5) is 2.48. The molecule has 1 nitrogen and oxygen atoms in total. The normalized spacial score (nSPS) is 12.4. The molecular formula is C17H20ClNS. The van der Waals surface area contributed by atoms with Crippen molar-refractivity contribution in [2.45, 2.75) is 43.0 Å². The number of hydrogen-bond acceptors (Lipinski definition) is 2. The van der Waals surface area contributed by atoms with Crippen molar-refractivity contribution < 1.29 is 0 Å². The highest BCUT2D eigenvalue weighted by atomic mass is 35.5. The Hall–Kier alpha value is -0.960. The van der Waals surface area contributed by atoms with Crippen LogP contribution in [0.1, 0.15) is 23.6 Å². The lowest BCUT2D eigenvalue weighted by Crippen LogP contribution is -2.18. The molecule has 20 heavy (non-hydrogen) atoms. The molecule has 0 aliphatic carbocycles.